The predicted octanol–water partition coefficient (Wildman–Crippen LogP) is 0.806. The van der Waals surface area contributed by atoms with Crippen molar-refractivity contribution in [1.82, 2.24) is 10.5 Å². The minimum Gasteiger partial charge on any atom is -0.762 e. The van der Waals surface area contributed by atoms with E-state index in [-0.39, 0.29) is 6.10 Å². The molecule has 5 heteroatoms. The lowest BCUT2D eigenvalue weighted by Crippen LogP contribution is -2.32. The summed E-state index contributed by atoms with van der Waals surface area (Å²) in [6, 6.07) is 0. The highest BCUT2D eigenvalue weighted by Crippen LogP contribution is 2.03. The molecule has 1 unspecified atom stereocenters. The number of aliphatic imine (C=N–C) groups is 1. The van der Waals surface area contributed by atoms with Crippen LogP contribution in [0.1, 0.15) is 19.8 Å². The molecule has 0 aliphatic rings. The lowest BCUT2D eigenvalue weighted by atomic mass is 10.2. The minimum absolute atomic E-state index is 0.0702. The lowest BCUT2D eigenvalue weighted by Gasteiger charge is -2.28. The topological polar surface area (TPSA) is 59.9 Å². The van der Waals surface area contributed by atoms with Crippen LogP contribution in [-0.2, 0) is 4.84 Å². The zero-order chi connectivity index (χ0) is 10.8. The smallest absolute Gasteiger partial charge is 0.0905 e. The van der Waals surface area contributed by atoms with Gasteiger partial charge in [0.2, 0.25) is 0 Å². The molecule has 0 aromatic heterocycles. The molecule has 0 heterocycles. The average Bonchev–Trinajstić information content (AvgIpc) is 2.13. The van der Waals surface area contributed by atoms with Crippen LogP contribution in [0.2, 0.25) is 0 Å². The van der Waals surface area contributed by atoms with Gasteiger partial charge in [-0.05, 0) is 33.2 Å². The highest BCUT2D eigenvalue weighted by Gasteiger charge is 2.07. The fourth-order valence-electron chi connectivity index (χ4n) is 1.14. The molecule has 84 valence electrons. The van der Waals surface area contributed by atoms with Gasteiger partial charge in [-0.15, -0.1) is 0 Å². The van der Waals surface area contributed by atoms with Crippen LogP contribution < -0.4 is 5.32 Å². The molecule has 0 saturated carbocycles. The molecule has 0 rings (SSSR count). The maximum absolute atomic E-state index is 10.7. The van der Waals surface area contributed by atoms with E-state index in [1.165, 1.54) is 7.05 Å². The van der Waals surface area contributed by atoms with E-state index < -0.39 is 0 Å². The van der Waals surface area contributed by atoms with Crippen molar-refractivity contribution >= 4 is 6.72 Å². The molecule has 0 spiro atoms. The molecule has 1 atom stereocenters. The second kappa shape index (κ2) is 9.08. The quantitative estimate of drug-likeness (QED) is 0.341. The number of hydrogen-bond acceptors (Lipinski definition) is 5. The molecule has 14 heavy (non-hydrogen) atoms. The number of nitrogens with one attached hydrogen (secondary N) is 1. The normalized spacial score (nSPS) is 13.1. The maximum Gasteiger partial charge on any atom is 0.0905 e. The van der Waals surface area contributed by atoms with E-state index in [1.807, 2.05) is 6.92 Å². The van der Waals surface area contributed by atoms with Gasteiger partial charge in [0.1, 0.15) is 0 Å². The van der Waals surface area contributed by atoms with Crippen LogP contribution in [0.4, 0.5) is 0 Å². The van der Waals surface area contributed by atoms with Crippen molar-refractivity contribution in [2.45, 2.75) is 25.9 Å². The van der Waals surface area contributed by atoms with Gasteiger partial charge in [0.15, 0.2) is 0 Å². The fourth-order valence-corrected chi connectivity index (χ4v) is 1.14. The summed E-state index contributed by atoms with van der Waals surface area (Å²) in [6.07, 6.45) is 1.64. The van der Waals surface area contributed by atoms with Gasteiger partial charge >= 0.3 is 0 Å². The Morgan fingerprint density at radius 3 is 2.86 bits per heavy atom. The average molecular weight is 202 g/mol. The summed E-state index contributed by atoms with van der Waals surface area (Å²) in [7, 11) is 1.35. The number of hydroxylamine groups is 2. The first-order chi connectivity index (χ1) is 6.70. The molecule has 0 radical (unpaired) electrons. The van der Waals surface area contributed by atoms with Gasteiger partial charge in [0.05, 0.1) is 6.10 Å². The van der Waals surface area contributed by atoms with Crippen LogP contribution in [0.15, 0.2) is 4.99 Å². The Balaban J connectivity index is 3.65. The van der Waals surface area contributed by atoms with E-state index in [0.29, 0.717) is 18.3 Å². The van der Waals surface area contributed by atoms with Gasteiger partial charge in [-0.1, -0.05) is 6.92 Å². The van der Waals surface area contributed by atoms with E-state index >= 15 is 0 Å². The second-order valence-corrected chi connectivity index (χ2v) is 3.06. The lowest BCUT2D eigenvalue weighted by molar-refractivity contribution is -0.148. The summed E-state index contributed by atoms with van der Waals surface area (Å²) < 4.78 is 0. The third kappa shape index (κ3) is 8.12. The zero-order valence-electron chi connectivity index (χ0n) is 9.03. The van der Waals surface area contributed by atoms with Crippen molar-refractivity contribution in [3.8, 4) is 0 Å². The van der Waals surface area contributed by atoms with Gasteiger partial charge in [-0.3, -0.25) is 5.23 Å². The molecule has 0 fully saturated rings. The maximum atomic E-state index is 10.7. The van der Waals surface area contributed by atoms with Crippen molar-refractivity contribution in [2.24, 2.45) is 4.99 Å². The molecule has 0 bridgehead atoms. The Morgan fingerprint density at radius 2 is 2.36 bits per heavy atom. The number of rotatable bonds is 9. The Morgan fingerprint density at radius 1 is 1.64 bits per heavy atom. The van der Waals surface area contributed by atoms with Gasteiger partial charge in [-0.25, -0.2) is 0 Å². The summed E-state index contributed by atoms with van der Waals surface area (Å²) in [5.74, 6) is 0. The first-order valence-corrected chi connectivity index (χ1v) is 4.91. The van der Waals surface area contributed by atoms with Crippen molar-refractivity contribution in [3.63, 3.8) is 0 Å². The van der Waals surface area contributed by atoms with Crippen LogP contribution in [0, 0.1) is 5.21 Å². The van der Waals surface area contributed by atoms with Gasteiger partial charge in [0.25, 0.3) is 0 Å². The molecule has 0 aliphatic carbocycles. The van der Waals surface area contributed by atoms with E-state index in [2.05, 4.69) is 17.0 Å². The van der Waals surface area contributed by atoms with Gasteiger partial charge < -0.3 is 20.4 Å². The molecular formula is C9H20N3O2-. The fraction of sp³-hybridized carbons (Fsp3) is 0.889. The third-order valence-electron chi connectivity index (χ3n) is 1.76. The molecule has 0 amide bonds. The Kier molecular flexibility index (Phi) is 8.76. The van der Waals surface area contributed by atoms with Crippen LogP contribution in [0.3, 0.4) is 0 Å². The van der Waals surface area contributed by atoms with Crippen LogP contribution in [0.25, 0.3) is 0 Å². The molecule has 1 N–H and O–H groups in total. The van der Waals surface area contributed by atoms with Crippen LogP contribution in [0.5, 0.6) is 0 Å². The number of hydrogen-bond donors (Lipinski definition) is 1. The highest BCUT2D eigenvalue weighted by atomic mass is 16.9. The zero-order valence-corrected chi connectivity index (χ0v) is 9.03. The largest absolute Gasteiger partial charge is 0.762 e. The molecule has 5 nitrogen and oxygen atoms in total. The molecule has 0 aromatic rings. The summed E-state index contributed by atoms with van der Waals surface area (Å²) >= 11 is 0. The monoisotopic (exact) mass is 202 g/mol. The van der Waals surface area contributed by atoms with E-state index in [9.17, 15) is 5.21 Å². The predicted molar refractivity (Wildman–Crippen MR) is 58.2 cm³/mol. The van der Waals surface area contributed by atoms with Crippen molar-refractivity contribution in [1.29, 1.82) is 0 Å². The van der Waals surface area contributed by atoms with Crippen molar-refractivity contribution in [2.75, 3.05) is 26.7 Å². The first-order valence-electron chi connectivity index (χ1n) is 4.91. The Hall–Kier alpha value is -0.490. The van der Waals surface area contributed by atoms with Crippen LogP contribution >= 0.6 is 0 Å². The van der Waals surface area contributed by atoms with Crippen molar-refractivity contribution < 1.29 is 4.84 Å². The Labute approximate surface area is 85.7 Å². The second-order valence-electron chi connectivity index (χ2n) is 3.06. The van der Waals surface area contributed by atoms with E-state index in [1.54, 1.807) is 0 Å². The SMILES string of the molecule is C=NCCCC(CNCC)ON(C)[O-]. The summed E-state index contributed by atoms with van der Waals surface area (Å²) in [6.45, 7) is 7.71. The van der Waals surface area contributed by atoms with Gasteiger partial charge in [-0.2, -0.15) is 0 Å². The summed E-state index contributed by atoms with van der Waals surface area (Å²) in [5.41, 5.74) is 0. The summed E-state index contributed by atoms with van der Waals surface area (Å²) in [4.78, 5) is 8.80. The molecule has 0 aliphatic heterocycles. The summed E-state index contributed by atoms with van der Waals surface area (Å²) in [5, 5.41) is 14.3. The Bertz CT molecular complexity index is 142. The first kappa shape index (κ1) is 13.5. The van der Waals surface area contributed by atoms with E-state index in [0.717, 1.165) is 19.4 Å². The highest BCUT2D eigenvalue weighted by molar-refractivity contribution is 5.22. The molecular weight excluding hydrogens is 182 g/mol. The molecule has 0 aromatic carbocycles. The number of nitrogens with zero attached hydrogens (tertiary/aromatic N) is 2. The molecule has 0 saturated heterocycles. The van der Waals surface area contributed by atoms with Gasteiger partial charge in [0, 0.05) is 13.1 Å². The van der Waals surface area contributed by atoms with E-state index in [4.69, 9.17) is 4.84 Å². The third-order valence-corrected chi connectivity index (χ3v) is 1.76. The standard InChI is InChI=1S/C9H20N3O2/c1-4-11-8-9(14-12(3)13)6-5-7-10-2/h9,11H,2,4-8H2,1,3H3/q-1. The van der Waals surface area contributed by atoms with Crippen LogP contribution in [-0.4, -0.2) is 44.7 Å². The van der Waals surface area contributed by atoms with Crippen molar-refractivity contribution in [3.05, 3.63) is 5.21 Å². The number of likely N-dealkylation sites (N-methyl/N-ethyl adjacent to an activating group) is 1. The minimum atomic E-state index is -0.0702.